The van der Waals surface area contributed by atoms with Gasteiger partial charge >= 0.3 is 0 Å². The minimum Gasteiger partial charge on any atom is -0.381 e. The lowest BCUT2D eigenvalue weighted by Crippen LogP contribution is -1.98. The number of benzene rings is 1. The summed E-state index contributed by atoms with van der Waals surface area (Å²) in [6.07, 6.45) is 4.06. The zero-order valence-electron chi connectivity index (χ0n) is 9.02. The molecule has 0 saturated carbocycles. The summed E-state index contributed by atoms with van der Waals surface area (Å²) in [4.78, 5) is 1.31. The van der Waals surface area contributed by atoms with E-state index in [0.29, 0.717) is 0 Å². The van der Waals surface area contributed by atoms with Crippen LogP contribution in [-0.4, -0.2) is 19.0 Å². The molecule has 15 heavy (non-hydrogen) atoms. The summed E-state index contributed by atoms with van der Waals surface area (Å²) in [5, 5.41) is 0. The van der Waals surface area contributed by atoms with Crippen LogP contribution in [0.4, 0.5) is 0 Å². The fourth-order valence-electron chi connectivity index (χ4n) is 1.17. The predicted molar refractivity (Wildman–Crippen MR) is 67.4 cm³/mol. The highest BCUT2D eigenvalue weighted by atomic mass is 32.2. The third-order valence-electron chi connectivity index (χ3n) is 1.94. The van der Waals surface area contributed by atoms with E-state index in [1.54, 1.807) is 0 Å². The van der Waals surface area contributed by atoms with Crippen molar-refractivity contribution in [1.82, 2.24) is 0 Å². The average molecular weight is 222 g/mol. The first kappa shape index (κ1) is 12.3. The molecule has 0 spiro atoms. The summed E-state index contributed by atoms with van der Waals surface area (Å²) in [6, 6.07) is 10.4. The van der Waals surface area contributed by atoms with E-state index in [1.165, 1.54) is 4.90 Å². The highest BCUT2D eigenvalue weighted by Gasteiger charge is 1.92. The van der Waals surface area contributed by atoms with E-state index in [9.17, 15) is 0 Å². The Hall–Kier alpha value is -0.730. The highest BCUT2D eigenvalue weighted by molar-refractivity contribution is 7.99. The van der Waals surface area contributed by atoms with E-state index in [-0.39, 0.29) is 0 Å². The molecule has 1 rings (SSSR count). The first-order chi connectivity index (χ1) is 7.43. The number of allylic oxidation sites excluding steroid dienone is 1. The lowest BCUT2D eigenvalue weighted by Gasteiger charge is -2.03. The van der Waals surface area contributed by atoms with Crippen molar-refractivity contribution in [2.75, 3.05) is 19.0 Å². The number of hydrogen-bond acceptors (Lipinski definition) is 2. The van der Waals surface area contributed by atoms with E-state index >= 15 is 0 Å². The second-order valence-corrected chi connectivity index (χ2v) is 4.37. The maximum Gasteiger partial charge on any atom is 0.0560 e. The fourth-order valence-corrected chi connectivity index (χ4v) is 1.95. The molecule has 0 aliphatic heterocycles. The zero-order valence-corrected chi connectivity index (χ0v) is 9.84. The van der Waals surface area contributed by atoms with Gasteiger partial charge in [-0.3, -0.25) is 0 Å². The second kappa shape index (κ2) is 8.57. The smallest absolute Gasteiger partial charge is 0.0560 e. The van der Waals surface area contributed by atoms with Crippen LogP contribution >= 0.6 is 11.8 Å². The third-order valence-corrected chi connectivity index (χ3v) is 2.91. The van der Waals surface area contributed by atoms with Crippen molar-refractivity contribution in [3.05, 3.63) is 43.0 Å². The van der Waals surface area contributed by atoms with Crippen molar-refractivity contribution in [1.29, 1.82) is 0 Å². The van der Waals surface area contributed by atoms with Gasteiger partial charge in [0.05, 0.1) is 6.61 Å². The summed E-state index contributed by atoms with van der Waals surface area (Å²) in [6.45, 7) is 5.35. The molecule has 1 aromatic carbocycles. The molecule has 0 N–H and O–H groups in total. The Morgan fingerprint density at radius 3 is 2.73 bits per heavy atom. The van der Waals surface area contributed by atoms with Gasteiger partial charge in [-0.2, -0.15) is 0 Å². The molecule has 0 fully saturated rings. The first-order valence-corrected chi connectivity index (χ1v) is 6.28. The van der Waals surface area contributed by atoms with Gasteiger partial charge in [-0.25, -0.2) is 0 Å². The molecule has 2 heteroatoms. The molecule has 0 amide bonds. The van der Waals surface area contributed by atoms with Crippen LogP contribution in [0.2, 0.25) is 0 Å². The van der Waals surface area contributed by atoms with Gasteiger partial charge in [-0.05, 0) is 25.0 Å². The van der Waals surface area contributed by atoms with Crippen LogP contribution in [0.1, 0.15) is 12.8 Å². The van der Waals surface area contributed by atoms with E-state index in [0.717, 1.165) is 31.8 Å². The molecule has 1 nitrogen and oxygen atoms in total. The van der Waals surface area contributed by atoms with Crippen molar-refractivity contribution in [3.8, 4) is 0 Å². The maximum absolute atomic E-state index is 5.49. The largest absolute Gasteiger partial charge is 0.381 e. The molecule has 0 bridgehead atoms. The van der Waals surface area contributed by atoms with Crippen LogP contribution in [0, 0.1) is 0 Å². The lowest BCUT2D eigenvalue weighted by atomic mass is 10.3. The Balaban J connectivity index is 1.95. The van der Waals surface area contributed by atoms with Crippen LogP contribution in [0.25, 0.3) is 0 Å². The Morgan fingerprint density at radius 1 is 1.20 bits per heavy atom. The van der Waals surface area contributed by atoms with Crippen LogP contribution in [0.15, 0.2) is 47.9 Å². The molecule has 0 atom stereocenters. The van der Waals surface area contributed by atoms with Crippen molar-refractivity contribution in [3.63, 3.8) is 0 Å². The minimum absolute atomic E-state index is 0.830. The molecule has 0 aliphatic carbocycles. The number of hydrogen-bond donors (Lipinski definition) is 0. The molecular weight excluding hydrogens is 204 g/mol. The van der Waals surface area contributed by atoms with E-state index in [4.69, 9.17) is 4.74 Å². The Labute approximate surface area is 96.5 Å². The molecule has 0 heterocycles. The summed E-state index contributed by atoms with van der Waals surface area (Å²) >= 11 is 1.84. The molecule has 0 aliphatic rings. The molecule has 0 aromatic heterocycles. The van der Waals surface area contributed by atoms with Gasteiger partial charge in [-0.15, -0.1) is 18.3 Å². The summed E-state index contributed by atoms with van der Waals surface area (Å²) in [5.41, 5.74) is 0. The Kier molecular flexibility index (Phi) is 7.05. The molecule has 1 aromatic rings. The third kappa shape index (κ3) is 6.37. The van der Waals surface area contributed by atoms with Crippen molar-refractivity contribution in [2.45, 2.75) is 17.7 Å². The van der Waals surface area contributed by atoms with Gasteiger partial charge in [0, 0.05) is 17.3 Å². The topological polar surface area (TPSA) is 9.23 Å². The van der Waals surface area contributed by atoms with Gasteiger partial charge in [0.1, 0.15) is 0 Å². The Bertz CT molecular complexity index is 258. The summed E-state index contributed by atoms with van der Waals surface area (Å²) < 4.78 is 5.49. The van der Waals surface area contributed by atoms with Crippen molar-refractivity contribution < 1.29 is 4.74 Å². The molecule has 0 saturated heterocycles. The summed E-state index contributed by atoms with van der Waals surface area (Å²) in [5.74, 6) is 1.03. The van der Waals surface area contributed by atoms with E-state index < -0.39 is 0 Å². The lowest BCUT2D eigenvalue weighted by molar-refractivity contribution is 0.148. The molecule has 0 radical (unpaired) electrons. The fraction of sp³-hybridized carbons (Fsp3) is 0.385. The maximum atomic E-state index is 5.49. The van der Waals surface area contributed by atoms with Gasteiger partial charge in [0.25, 0.3) is 0 Å². The second-order valence-electron chi connectivity index (χ2n) is 3.20. The molecular formula is C13H18OS. The zero-order chi connectivity index (χ0) is 10.8. The van der Waals surface area contributed by atoms with Gasteiger partial charge in [0.15, 0.2) is 0 Å². The SMILES string of the molecule is C=CCCCOCCSc1ccccc1. The van der Waals surface area contributed by atoms with Gasteiger partial charge < -0.3 is 4.74 Å². The normalized spacial score (nSPS) is 10.1. The summed E-state index contributed by atoms with van der Waals surface area (Å²) in [7, 11) is 0. The van der Waals surface area contributed by atoms with E-state index in [1.807, 2.05) is 23.9 Å². The van der Waals surface area contributed by atoms with Crippen molar-refractivity contribution >= 4 is 11.8 Å². The van der Waals surface area contributed by atoms with Crippen molar-refractivity contribution in [2.24, 2.45) is 0 Å². The number of thioether (sulfide) groups is 1. The quantitative estimate of drug-likeness (QED) is 0.376. The van der Waals surface area contributed by atoms with Crippen LogP contribution in [0.5, 0.6) is 0 Å². The van der Waals surface area contributed by atoms with E-state index in [2.05, 4.69) is 30.8 Å². The standard InChI is InChI=1S/C13H18OS/c1-2-3-7-10-14-11-12-15-13-8-5-4-6-9-13/h2,4-6,8-9H,1,3,7,10-12H2. The minimum atomic E-state index is 0.830. The number of unbranched alkanes of at least 4 members (excludes halogenated alkanes) is 1. The van der Waals surface area contributed by atoms with Crippen LogP contribution in [0.3, 0.4) is 0 Å². The van der Waals surface area contributed by atoms with Gasteiger partial charge in [0.2, 0.25) is 0 Å². The highest BCUT2D eigenvalue weighted by Crippen LogP contribution is 2.16. The molecule has 82 valence electrons. The number of rotatable bonds is 8. The Morgan fingerprint density at radius 2 is 2.00 bits per heavy atom. The van der Waals surface area contributed by atoms with Crippen LogP contribution < -0.4 is 0 Å². The average Bonchev–Trinajstić information content (AvgIpc) is 2.29. The van der Waals surface area contributed by atoms with Gasteiger partial charge in [-0.1, -0.05) is 24.3 Å². The monoisotopic (exact) mass is 222 g/mol. The predicted octanol–water partition coefficient (Wildman–Crippen LogP) is 3.76. The molecule has 0 unspecified atom stereocenters. The number of ether oxygens (including phenoxy) is 1. The first-order valence-electron chi connectivity index (χ1n) is 5.30. The van der Waals surface area contributed by atoms with Crippen LogP contribution in [-0.2, 0) is 4.74 Å².